The lowest BCUT2D eigenvalue weighted by Gasteiger charge is -2.08. The number of aromatic nitrogens is 2. The van der Waals surface area contributed by atoms with E-state index in [1.807, 2.05) is 0 Å². The second-order valence-corrected chi connectivity index (χ2v) is 5.52. The number of nitrogens with one attached hydrogen (secondary N) is 2. The first-order chi connectivity index (χ1) is 11.0. The first-order valence-corrected chi connectivity index (χ1v) is 7.58. The highest BCUT2D eigenvalue weighted by Gasteiger charge is 2.14. The lowest BCUT2D eigenvalue weighted by molar-refractivity contribution is 0.102. The zero-order valence-electron chi connectivity index (χ0n) is 12.3. The average molecular weight is 338 g/mol. The van der Waals surface area contributed by atoms with Crippen LogP contribution in [0.25, 0.3) is 0 Å². The molecule has 9 heteroatoms. The van der Waals surface area contributed by atoms with Gasteiger partial charge in [0.05, 0.1) is 6.61 Å². The van der Waals surface area contributed by atoms with Gasteiger partial charge in [0.25, 0.3) is 11.5 Å². The summed E-state index contributed by atoms with van der Waals surface area (Å²) in [6.45, 7) is 0.497. The maximum absolute atomic E-state index is 12.8. The van der Waals surface area contributed by atoms with Crippen molar-refractivity contribution in [3.8, 4) is 0 Å². The number of rotatable bonds is 6. The number of benzene rings is 1. The first-order valence-electron chi connectivity index (χ1n) is 6.59. The Labute approximate surface area is 135 Å². The number of nitrogens with two attached hydrogens (primary N) is 1. The maximum atomic E-state index is 12.8. The number of hydrogen-bond acceptors (Lipinski definition) is 6. The van der Waals surface area contributed by atoms with Crippen molar-refractivity contribution in [3.05, 3.63) is 46.0 Å². The molecule has 7 nitrogen and oxygen atoms in total. The molecule has 1 aromatic carbocycles. The fourth-order valence-corrected chi connectivity index (χ4v) is 2.44. The SMILES string of the molecule is COCCSc1nc(N)c(NC(=O)c2ccc(F)cc2)c(=O)[nH]1. The van der Waals surface area contributed by atoms with Crippen molar-refractivity contribution in [1.82, 2.24) is 9.97 Å². The van der Waals surface area contributed by atoms with Crippen LogP contribution in [-0.4, -0.2) is 35.3 Å². The molecular weight excluding hydrogens is 323 g/mol. The monoisotopic (exact) mass is 338 g/mol. The van der Waals surface area contributed by atoms with Crippen LogP contribution >= 0.6 is 11.8 Å². The van der Waals surface area contributed by atoms with Crippen LogP contribution in [0.2, 0.25) is 0 Å². The number of thioether (sulfide) groups is 1. The van der Waals surface area contributed by atoms with E-state index in [4.69, 9.17) is 10.5 Å². The standard InChI is InChI=1S/C14H15FN4O3S/c1-22-6-7-23-14-18-11(16)10(13(21)19-14)17-12(20)8-2-4-9(15)5-3-8/h2-5H,6-7H2,1H3,(H,17,20)(H3,16,18,19,21). The van der Waals surface area contributed by atoms with Crippen molar-refractivity contribution in [2.24, 2.45) is 0 Å². The van der Waals surface area contributed by atoms with Crippen molar-refractivity contribution in [3.63, 3.8) is 0 Å². The van der Waals surface area contributed by atoms with Gasteiger partial charge < -0.3 is 15.8 Å². The van der Waals surface area contributed by atoms with Gasteiger partial charge in [-0.2, -0.15) is 0 Å². The molecule has 0 saturated heterocycles. The fraction of sp³-hybridized carbons (Fsp3) is 0.214. The van der Waals surface area contributed by atoms with E-state index in [1.54, 1.807) is 7.11 Å². The Balaban J connectivity index is 2.15. The number of ether oxygens (including phenoxy) is 1. The number of carbonyl (C=O) groups excluding carboxylic acids is 1. The number of anilines is 2. The van der Waals surface area contributed by atoms with Crippen LogP contribution in [0.5, 0.6) is 0 Å². The lowest BCUT2D eigenvalue weighted by Crippen LogP contribution is -2.23. The molecule has 0 radical (unpaired) electrons. The summed E-state index contributed by atoms with van der Waals surface area (Å²) in [6, 6.07) is 4.90. The van der Waals surface area contributed by atoms with Crippen LogP contribution in [0.15, 0.2) is 34.2 Å². The summed E-state index contributed by atoms with van der Waals surface area (Å²) >= 11 is 1.27. The molecule has 1 heterocycles. The molecule has 23 heavy (non-hydrogen) atoms. The Bertz CT molecular complexity index is 749. The highest BCUT2D eigenvalue weighted by Crippen LogP contribution is 2.17. The molecule has 0 aliphatic heterocycles. The van der Waals surface area contributed by atoms with Crippen molar-refractivity contribution in [2.45, 2.75) is 5.16 Å². The van der Waals surface area contributed by atoms with Crippen molar-refractivity contribution in [2.75, 3.05) is 30.5 Å². The van der Waals surface area contributed by atoms with Gasteiger partial charge in [0.15, 0.2) is 11.0 Å². The Kier molecular flexibility index (Phi) is 5.72. The van der Waals surface area contributed by atoms with E-state index in [0.717, 1.165) is 12.1 Å². The van der Waals surface area contributed by atoms with Gasteiger partial charge in [0.2, 0.25) is 0 Å². The molecule has 0 aliphatic rings. The number of methoxy groups -OCH3 is 1. The molecule has 0 saturated carbocycles. The molecule has 0 fully saturated rings. The molecule has 0 atom stereocenters. The second-order valence-electron chi connectivity index (χ2n) is 4.43. The van der Waals surface area contributed by atoms with Crippen LogP contribution in [0.3, 0.4) is 0 Å². The molecule has 122 valence electrons. The smallest absolute Gasteiger partial charge is 0.277 e. The number of amides is 1. The number of H-pyrrole nitrogens is 1. The van der Waals surface area contributed by atoms with E-state index in [9.17, 15) is 14.0 Å². The number of aromatic amines is 1. The molecule has 0 bridgehead atoms. The van der Waals surface area contributed by atoms with E-state index in [1.165, 1.54) is 23.9 Å². The van der Waals surface area contributed by atoms with Crippen LogP contribution in [0, 0.1) is 5.82 Å². The number of carbonyl (C=O) groups is 1. The first kappa shape index (κ1) is 17.0. The summed E-state index contributed by atoms with van der Waals surface area (Å²) in [4.78, 5) is 30.6. The zero-order chi connectivity index (χ0) is 16.8. The minimum Gasteiger partial charge on any atom is -0.384 e. The van der Waals surface area contributed by atoms with E-state index >= 15 is 0 Å². The van der Waals surface area contributed by atoms with E-state index in [0.29, 0.717) is 17.5 Å². The number of nitrogen functional groups attached to an aromatic ring is 1. The van der Waals surface area contributed by atoms with Gasteiger partial charge in [-0.05, 0) is 24.3 Å². The molecule has 4 N–H and O–H groups in total. The molecule has 2 rings (SSSR count). The topological polar surface area (TPSA) is 110 Å². The highest BCUT2D eigenvalue weighted by molar-refractivity contribution is 7.99. The molecular formula is C14H15FN4O3S. The zero-order valence-corrected chi connectivity index (χ0v) is 13.1. The summed E-state index contributed by atoms with van der Waals surface area (Å²) < 4.78 is 17.8. The predicted molar refractivity (Wildman–Crippen MR) is 86.2 cm³/mol. The molecule has 1 aromatic heterocycles. The Morgan fingerprint density at radius 1 is 1.43 bits per heavy atom. The normalized spacial score (nSPS) is 10.5. The number of halogens is 1. The number of hydrogen-bond donors (Lipinski definition) is 3. The highest BCUT2D eigenvalue weighted by atomic mass is 32.2. The van der Waals surface area contributed by atoms with Gasteiger partial charge in [0.1, 0.15) is 11.5 Å². The molecule has 0 unspecified atom stereocenters. The summed E-state index contributed by atoms with van der Waals surface area (Å²) in [7, 11) is 1.57. The molecule has 1 amide bonds. The molecule has 0 spiro atoms. The summed E-state index contributed by atoms with van der Waals surface area (Å²) in [6.07, 6.45) is 0. The van der Waals surface area contributed by atoms with E-state index < -0.39 is 17.3 Å². The third kappa shape index (κ3) is 4.54. The largest absolute Gasteiger partial charge is 0.384 e. The third-order valence-corrected chi connectivity index (χ3v) is 3.63. The van der Waals surface area contributed by atoms with E-state index in [-0.39, 0.29) is 17.1 Å². The second kappa shape index (κ2) is 7.75. The van der Waals surface area contributed by atoms with Gasteiger partial charge in [-0.1, -0.05) is 11.8 Å². The van der Waals surface area contributed by atoms with Gasteiger partial charge in [-0.25, -0.2) is 9.37 Å². The summed E-state index contributed by atoms with van der Waals surface area (Å²) in [5.74, 6) is -0.536. The Hall–Kier alpha value is -2.39. The minimum absolute atomic E-state index is 0.0934. The average Bonchev–Trinajstić information content (AvgIpc) is 2.51. The van der Waals surface area contributed by atoms with Crippen molar-refractivity contribution < 1.29 is 13.9 Å². The van der Waals surface area contributed by atoms with Gasteiger partial charge in [-0.15, -0.1) is 0 Å². The summed E-state index contributed by atoms with van der Waals surface area (Å²) in [5.41, 5.74) is 5.22. The quantitative estimate of drug-likeness (QED) is 0.418. The van der Waals surface area contributed by atoms with Gasteiger partial charge >= 0.3 is 0 Å². The Morgan fingerprint density at radius 2 is 2.13 bits per heavy atom. The molecule has 2 aromatic rings. The van der Waals surface area contributed by atoms with Crippen LogP contribution in [-0.2, 0) is 4.74 Å². The Morgan fingerprint density at radius 3 is 2.74 bits per heavy atom. The summed E-state index contributed by atoms with van der Waals surface area (Å²) in [5, 5.41) is 2.72. The number of nitrogens with zero attached hydrogens (tertiary/aromatic N) is 1. The third-order valence-electron chi connectivity index (χ3n) is 2.80. The fourth-order valence-electron chi connectivity index (χ4n) is 1.67. The van der Waals surface area contributed by atoms with Crippen LogP contribution in [0.1, 0.15) is 10.4 Å². The lowest BCUT2D eigenvalue weighted by atomic mass is 10.2. The van der Waals surface area contributed by atoms with Crippen LogP contribution < -0.4 is 16.6 Å². The maximum Gasteiger partial charge on any atom is 0.277 e. The molecule has 0 aliphatic carbocycles. The van der Waals surface area contributed by atoms with Crippen molar-refractivity contribution >= 4 is 29.2 Å². The van der Waals surface area contributed by atoms with Crippen molar-refractivity contribution in [1.29, 1.82) is 0 Å². The predicted octanol–water partition coefficient (Wildman–Crippen LogP) is 1.48. The van der Waals surface area contributed by atoms with E-state index in [2.05, 4.69) is 15.3 Å². The van der Waals surface area contributed by atoms with Crippen LogP contribution in [0.4, 0.5) is 15.9 Å². The minimum atomic E-state index is -0.580. The van der Waals surface area contributed by atoms with Gasteiger partial charge in [-0.3, -0.25) is 14.6 Å². The van der Waals surface area contributed by atoms with Gasteiger partial charge in [0, 0.05) is 18.4 Å².